The Kier molecular flexibility index (Phi) is 41.2. The van der Waals surface area contributed by atoms with Gasteiger partial charge in [0.15, 0.2) is 16.3 Å². The normalized spacial score (nSPS) is 12.8. The number of aromatic nitrogens is 4. The number of nitrogen functional groups attached to an aromatic ring is 1. The van der Waals surface area contributed by atoms with Gasteiger partial charge in [0.1, 0.15) is 58.8 Å². The third-order valence-corrected chi connectivity index (χ3v) is 24.6. The average Bonchev–Trinajstić information content (AvgIpc) is 1.60. The molecule has 686 valence electrons. The molecule has 4 saturated carbocycles. The van der Waals surface area contributed by atoms with E-state index in [0.717, 1.165) is 101 Å². The topological polar surface area (TPSA) is 308 Å². The van der Waals surface area contributed by atoms with Gasteiger partial charge in [0.05, 0.1) is 97.1 Å². The molecule has 0 bridgehead atoms. The Hall–Kier alpha value is -8.68. The number of anilines is 6. The average molecular weight is 2260 g/mol. The Morgan fingerprint density at radius 2 is 0.921 bits per heavy atom. The lowest BCUT2D eigenvalue weighted by molar-refractivity contribution is -0.386. The number of H-pyrrole nitrogens is 1. The van der Waals surface area contributed by atoms with Crippen molar-refractivity contribution in [1.82, 2.24) is 19.1 Å². The summed E-state index contributed by atoms with van der Waals surface area (Å²) in [4.78, 5) is 69.1. The number of imidazole rings is 2. The van der Waals surface area contributed by atoms with E-state index in [4.69, 9.17) is 27.2 Å². The highest BCUT2D eigenvalue weighted by Crippen LogP contribution is 2.43. The van der Waals surface area contributed by atoms with E-state index in [-0.39, 0.29) is 77.0 Å². The molecular formula is C86H95Br7F7N13O12S2. The highest BCUT2D eigenvalue weighted by molar-refractivity contribution is 9.11. The molecule has 4 N–H and O–H groups in total. The summed E-state index contributed by atoms with van der Waals surface area (Å²) in [6.45, 7) is 7.27. The van der Waals surface area contributed by atoms with Crippen LogP contribution in [0.3, 0.4) is 0 Å². The number of Topliss-reactive ketones (excluding diaryl/α,β-unsaturated/α-hetero) is 2. The number of nitro groups is 3. The zero-order valence-electron chi connectivity index (χ0n) is 71.5. The fourth-order valence-corrected chi connectivity index (χ4v) is 14.9. The first-order valence-corrected chi connectivity index (χ1v) is 46.3. The predicted molar refractivity (Wildman–Crippen MR) is 511 cm³/mol. The van der Waals surface area contributed by atoms with Gasteiger partial charge in [-0.05, 0) is 249 Å². The molecule has 10 aromatic rings. The Balaban J connectivity index is 0.000000225. The van der Waals surface area contributed by atoms with Crippen molar-refractivity contribution in [1.29, 1.82) is 0 Å². The molecule has 0 radical (unpaired) electrons. The number of nitrogens with two attached hydrogens (primary N) is 1. The maximum atomic E-state index is 13.8. The van der Waals surface area contributed by atoms with Crippen LogP contribution in [-0.2, 0) is 30.3 Å². The van der Waals surface area contributed by atoms with Gasteiger partial charge in [0.25, 0.3) is 21.5 Å². The lowest BCUT2D eigenvalue weighted by atomic mass is 10.0. The maximum absolute atomic E-state index is 13.8. The number of halogens is 14. The summed E-state index contributed by atoms with van der Waals surface area (Å²) < 4.78 is 127. The quantitative estimate of drug-likeness (QED) is 0.0150. The van der Waals surface area contributed by atoms with Gasteiger partial charge in [-0.25, -0.2) is 35.7 Å². The van der Waals surface area contributed by atoms with Crippen LogP contribution in [0.1, 0.15) is 118 Å². The monoisotopic (exact) mass is 2250 g/mol. The fraction of sp³-hybridized carbons (Fsp3) is 0.349. The second-order valence-electron chi connectivity index (χ2n) is 30.4. The van der Waals surface area contributed by atoms with Gasteiger partial charge in [-0.3, -0.25) is 48.7 Å². The molecule has 2 heterocycles. The second kappa shape index (κ2) is 48.8. The number of carbonyl (C=O) groups is 2. The molecule has 4 fully saturated rings. The van der Waals surface area contributed by atoms with Crippen LogP contribution in [-0.4, -0.2) is 136 Å². The Labute approximate surface area is 796 Å². The summed E-state index contributed by atoms with van der Waals surface area (Å²) >= 11 is 26.7. The van der Waals surface area contributed by atoms with Gasteiger partial charge in [0.2, 0.25) is 0 Å². The molecule has 0 atom stereocenters. The van der Waals surface area contributed by atoms with Gasteiger partial charge >= 0.3 is 5.69 Å². The summed E-state index contributed by atoms with van der Waals surface area (Å²) in [5, 5.41) is 40.0. The first-order valence-electron chi connectivity index (χ1n) is 38.9. The smallest absolute Gasteiger partial charge is 0.312 e. The molecule has 0 amide bonds. The molecule has 8 aromatic carbocycles. The number of hydrogen-bond acceptors (Lipinski definition) is 20. The molecule has 41 heteroatoms. The zero-order valence-corrected chi connectivity index (χ0v) is 84.2. The number of aromatic amines is 1. The minimum atomic E-state index is -3.80. The van der Waals surface area contributed by atoms with Crippen molar-refractivity contribution in [3.05, 3.63) is 263 Å². The van der Waals surface area contributed by atoms with E-state index in [0.29, 0.717) is 82.0 Å². The Bertz CT molecular complexity index is 5700. The minimum Gasteiger partial charge on any atom is -0.502 e. The molecule has 0 unspecified atom stereocenters. The summed E-state index contributed by atoms with van der Waals surface area (Å²) in [7, 11) is 14.4. The van der Waals surface area contributed by atoms with Crippen LogP contribution in [0.5, 0.6) is 5.75 Å². The van der Waals surface area contributed by atoms with Crippen LogP contribution >= 0.6 is 124 Å². The van der Waals surface area contributed by atoms with Gasteiger partial charge in [-0.15, -0.1) is 0 Å². The molecule has 0 saturated heterocycles. The largest absolute Gasteiger partial charge is 0.502 e. The van der Waals surface area contributed by atoms with Gasteiger partial charge in [-0.1, -0.05) is 38.0 Å². The number of aryl methyl sites for hydroxylation is 3. The fourth-order valence-electron chi connectivity index (χ4n) is 11.4. The predicted octanol–water partition coefficient (Wildman–Crippen LogP) is 24.6. The number of ketones is 2. The molecule has 25 nitrogen and oxygen atoms in total. The van der Waals surface area contributed by atoms with Crippen molar-refractivity contribution in [2.75, 3.05) is 107 Å². The summed E-state index contributed by atoms with van der Waals surface area (Å²) in [5.41, 5.74) is 15.3. The number of benzene rings is 8. The molecule has 2 aromatic heterocycles. The lowest BCUT2D eigenvalue weighted by Gasteiger charge is -2.18. The molecular weight excluding hydrogens is 2160 g/mol. The third-order valence-electron chi connectivity index (χ3n) is 18.8. The first kappa shape index (κ1) is 107. The van der Waals surface area contributed by atoms with Crippen LogP contribution in [0, 0.1) is 102 Å². The zero-order chi connectivity index (χ0) is 95.2. The van der Waals surface area contributed by atoms with Gasteiger partial charge in [0, 0.05) is 178 Å². The highest BCUT2D eigenvalue weighted by Gasteiger charge is 2.33. The molecule has 14 rings (SSSR count). The maximum Gasteiger partial charge on any atom is 0.312 e. The van der Waals surface area contributed by atoms with Crippen molar-refractivity contribution in [2.45, 2.75) is 115 Å². The first-order chi connectivity index (χ1) is 59.4. The van der Waals surface area contributed by atoms with E-state index in [1.54, 1.807) is 61.7 Å². The Morgan fingerprint density at radius 1 is 0.528 bits per heavy atom. The van der Waals surface area contributed by atoms with Gasteiger partial charge in [-0.2, -0.15) is 8.42 Å². The van der Waals surface area contributed by atoms with Crippen LogP contribution < -0.4 is 30.2 Å². The third kappa shape index (κ3) is 32.4. The second-order valence-corrected chi connectivity index (χ2v) is 38.4. The number of nitro benzene ring substituents is 3. The summed E-state index contributed by atoms with van der Waals surface area (Å²) in [6, 6.07) is 25.4. The van der Waals surface area contributed by atoms with E-state index < -0.39 is 53.8 Å². The minimum absolute atomic E-state index is 0.0169. The number of nitrogens with zero attached hydrogens (tertiary/aromatic N) is 11. The van der Waals surface area contributed by atoms with Crippen molar-refractivity contribution in [3.63, 3.8) is 0 Å². The van der Waals surface area contributed by atoms with Crippen LogP contribution in [0.4, 0.5) is 81.9 Å². The number of aromatic hydroxyl groups is 1. The number of hydrogen-bond donors (Lipinski definition) is 3. The molecule has 4 aliphatic rings. The SMILES string of the molecule is CCC.CN(C)c1cc(F)c(Br)cc1-n1cc(C2CC2)[nH]c1=S.CN(C)c1cc(F)c(Br)cc1-n1cnc(C2CC2)c1.CN(C)c1cc(F)c(Br)cc1CCC(=O)C1CC1.CN(C)c1cc(F)c(Br)cc1N.CN(C)c1cc(F)c(Br)cc1[N+](=O)[O-].Cc1cc(F)c(Br)cc1[N+](=O)[O-].Cc1ccc(S(=O)(=O)OCC(=O)C2CC2)cc1.O=[N+]([O-])c1cc(Br)c(F)cc1O. The van der Waals surface area contributed by atoms with Crippen molar-refractivity contribution in [2.24, 2.45) is 11.8 Å². The standard InChI is InChI=1S/C14H15BrFN3S.C14H15BrFN3.C14H17BrFNO.C12H14O4S.C8H8BrFN2O2.C8H10BrFN2.C7H5BrFNO2.C6H3BrFNO3.C3H8/c1-18(2)12-6-10(16)9(15)5-13(12)19-7-11(8-3-4-8)17-14(19)20;1-18(2)13-6-11(16)10(15)5-14(13)19-7-12(17-8-19)9-3-4-9;1-17(2)13-8-12(16)11(15)7-10(13)5-6-14(18)9-3-4-9;1-9-2-6-11(7-3-9)17(14,15)16-8-12(13)10-4-5-10;1-11(2)7-4-6(10)5(9)3-8(7)12(13)14;1-12(2)8-4-6(10)5(9)3-7(8)11;1-4-2-6(9)5(8)3-7(4)10(11)12;7-3-1-5(9(11)12)6(10)2-4(3)8;1-3-2/h5-8H,3-4H2,1-2H3,(H,17,20);5-9H,3-4H2,1-2H3;7-9H,3-6H2,1-2H3;2-3,6-7,10H,4-5,8H2,1H3;3-4H,1-2H3;3-4H,11H2,1-2H3;2-3H,1H3;1-2,10H;3H2,1-2H3. The van der Waals surface area contributed by atoms with E-state index in [2.05, 4.69) is 135 Å². The van der Waals surface area contributed by atoms with E-state index in [1.807, 2.05) is 99.5 Å². The van der Waals surface area contributed by atoms with Crippen LogP contribution in [0.2, 0.25) is 0 Å². The number of phenols is 1. The number of phenolic OH excluding ortho intramolecular Hbond substituents is 1. The van der Waals surface area contributed by atoms with Crippen LogP contribution in [0.15, 0.2) is 164 Å². The number of rotatable bonds is 21. The highest BCUT2D eigenvalue weighted by atomic mass is 79.9. The molecule has 4 aliphatic carbocycles. The molecule has 0 spiro atoms. The van der Waals surface area contributed by atoms with Crippen molar-refractivity contribution in [3.8, 4) is 17.1 Å². The molecule has 0 aliphatic heterocycles. The summed E-state index contributed by atoms with van der Waals surface area (Å²) in [5.74, 6) is -1.75. The van der Waals surface area contributed by atoms with Crippen molar-refractivity contribution >= 4 is 197 Å². The molecule has 127 heavy (non-hydrogen) atoms. The lowest BCUT2D eigenvalue weighted by Crippen LogP contribution is -2.15. The van der Waals surface area contributed by atoms with E-state index in [1.165, 1.54) is 86.0 Å². The van der Waals surface area contributed by atoms with Crippen LogP contribution in [0.25, 0.3) is 11.4 Å². The summed E-state index contributed by atoms with van der Waals surface area (Å²) in [6.07, 6.45) is 17.1. The Morgan fingerprint density at radius 3 is 1.39 bits per heavy atom. The van der Waals surface area contributed by atoms with E-state index >= 15 is 0 Å². The van der Waals surface area contributed by atoms with Crippen molar-refractivity contribution < 1.29 is 72.8 Å². The number of carbonyl (C=O) groups excluding carboxylic acids is 2. The van der Waals surface area contributed by atoms with E-state index in [9.17, 15) is 79.1 Å². The van der Waals surface area contributed by atoms with Gasteiger partial charge < -0.3 is 44.9 Å². The number of nitrogens with one attached hydrogen (secondary N) is 1.